The van der Waals surface area contributed by atoms with Crippen LogP contribution in [0.2, 0.25) is 0 Å². The molecule has 0 aliphatic rings. The number of nitrogens with zero attached hydrogens (tertiary/aromatic N) is 2. The van der Waals surface area contributed by atoms with Crippen molar-refractivity contribution >= 4 is 11.7 Å². The summed E-state index contributed by atoms with van der Waals surface area (Å²) in [6, 6.07) is 6.58. The Labute approximate surface area is 112 Å². The second-order valence-corrected chi connectivity index (χ2v) is 4.48. The monoisotopic (exact) mass is 264 g/mol. The average Bonchev–Trinajstić information content (AvgIpc) is 2.42. The zero-order chi connectivity index (χ0) is 14.3. The molecule has 0 aliphatic carbocycles. The van der Waals surface area contributed by atoms with Crippen LogP contribution in [0.4, 0.5) is 0 Å². The molecule has 1 aromatic rings. The number of amidine groups is 1. The predicted octanol–water partition coefficient (Wildman–Crippen LogP) is 0.463. The molecule has 1 rings (SSSR count). The van der Waals surface area contributed by atoms with Gasteiger partial charge in [-0.3, -0.25) is 4.79 Å². The van der Waals surface area contributed by atoms with E-state index in [1.54, 1.807) is 24.3 Å². The minimum atomic E-state index is -0.121. The van der Waals surface area contributed by atoms with Gasteiger partial charge in [0, 0.05) is 17.7 Å². The number of oxime groups is 1. The first-order chi connectivity index (χ1) is 9.04. The van der Waals surface area contributed by atoms with Crippen LogP contribution in [0.1, 0.15) is 22.3 Å². The minimum Gasteiger partial charge on any atom is -0.409 e. The summed E-state index contributed by atoms with van der Waals surface area (Å²) in [6.45, 7) is 1.57. The van der Waals surface area contributed by atoms with E-state index >= 15 is 0 Å². The Kier molecular flexibility index (Phi) is 5.81. The first kappa shape index (κ1) is 15.0. The normalized spacial score (nSPS) is 11.6. The largest absolute Gasteiger partial charge is 0.409 e. The van der Waals surface area contributed by atoms with E-state index in [0.29, 0.717) is 17.7 Å². The third-order valence-electron chi connectivity index (χ3n) is 2.62. The van der Waals surface area contributed by atoms with Gasteiger partial charge in [-0.2, -0.15) is 0 Å². The van der Waals surface area contributed by atoms with Gasteiger partial charge in [0.05, 0.1) is 0 Å². The molecule has 6 heteroatoms. The molecule has 0 saturated heterocycles. The lowest BCUT2D eigenvalue weighted by molar-refractivity contribution is 0.0952. The number of carbonyl (C=O) groups excluding carboxylic acids is 1. The summed E-state index contributed by atoms with van der Waals surface area (Å²) in [7, 11) is 3.99. The van der Waals surface area contributed by atoms with Crippen LogP contribution >= 0.6 is 0 Å². The van der Waals surface area contributed by atoms with Gasteiger partial charge in [-0.05, 0) is 39.2 Å². The maximum Gasteiger partial charge on any atom is 0.251 e. The first-order valence-electron chi connectivity index (χ1n) is 6.05. The van der Waals surface area contributed by atoms with Crippen LogP contribution in [0.3, 0.4) is 0 Å². The van der Waals surface area contributed by atoms with E-state index < -0.39 is 0 Å². The lowest BCUT2D eigenvalue weighted by Gasteiger charge is -2.10. The van der Waals surface area contributed by atoms with E-state index in [-0.39, 0.29) is 11.7 Å². The average molecular weight is 264 g/mol. The van der Waals surface area contributed by atoms with Crippen molar-refractivity contribution in [3.63, 3.8) is 0 Å². The molecule has 1 aromatic carbocycles. The van der Waals surface area contributed by atoms with E-state index in [0.717, 1.165) is 13.0 Å². The molecule has 0 bridgehead atoms. The van der Waals surface area contributed by atoms with Crippen LogP contribution in [0.15, 0.2) is 29.4 Å². The number of nitrogens with one attached hydrogen (secondary N) is 1. The van der Waals surface area contributed by atoms with Crippen molar-refractivity contribution in [1.82, 2.24) is 10.2 Å². The number of rotatable bonds is 6. The van der Waals surface area contributed by atoms with Crippen LogP contribution in [0.5, 0.6) is 0 Å². The highest BCUT2D eigenvalue weighted by Crippen LogP contribution is 2.04. The van der Waals surface area contributed by atoms with E-state index in [9.17, 15) is 4.79 Å². The van der Waals surface area contributed by atoms with Gasteiger partial charge in [-0.15, -0.1) is 0 Å². The third-order valence-corrected chi connectivity index (χ3v) is 2.62. The van der Waals surface area contributed by atoms with Gasteiger partial charge in [0.25, 0.3) is 5.91 Å². The zero-order valence-electron chi connectivity index (χ0n) is 11.3. The van der Waals surface area contributed by atoms with Gasteiger partial charge in [0.2, 0.25) is 0 Å². The predicted molar refractivity (Wildman–Crippen MR) is 74.5 cm³/mol. The van der Waals surface area contributed by atoms with Gasteiger partial charge in [-0.1, -0.05) is 17.3 Å². The topological polar surface area (TPSA) is 91.0 Å². The summed E-state index contributed by atoms with van der Waals surface area (Å²) < 4.78 is 0. The molecule has 0 radical (unpaired) electrons. The molecule has 0 heterocycles. The fourth-order valence-electron chi connectivity index (χ4n) is 1.55. The summed E-state index contributed by atoms with van der Waals surface area (Å²) in [4.78, 5) is 13.9. The molecule has 1 amide bonds. The van der Waals surface area contributed by atoms with Gasteiger partial charge in [-0.25, -0.2) is 0 Å². The van der Waals surface area contributed by atoms with Crippen molar-refractivity contribution in [2.45, 2.75) is 6.42 Å². The van der Waals surface area contributed by atoms with E-state index in [1.807, 2.05) is 14.1 Å². The molecule has 0 aliphatic heterocycles. The maximum atomic E-state index is 11.8. The second-order valence-electron chi connectivity index (χ2n) is 4.48. The summed E-state index contributed by atoms with van der Waals surface area (Å²) in [6.07, 6.45) is 0.904. The molecular weight excluding hydrogens is 244 g/mol. The molecule has 6 nitrogen and oxygen atoms in total. The zero-order valence-corrected chi connectivity index (χ0v) is 11.3. The fourth-order valence-corrected chi connectivity index (χ4v) is 1.55. The molecule has 0 fully saturated rings. The van der Waals surface area contributed by atoms with Crippen LogP contribution < -0.4 is 11.1 Å². The van der Waals surface area contributed by atoms with Crippen molar-refractivity contribution in [3.8, 4) is 0 Å². The Balaban J connectivity index is 2.49. The highest BCUT2D eigenvalue weighted by Gasteiger charge is 2.06. The SMILES string of the molecule is CN(C)CCCNC(=O)c1ccc(/C(N)=N/O)cc1. The van der Waals surface area contributed by atoms with Gasteiger partial charge < -0.3 is 21.2 Å². The highest BCUT2D eigenvalue weighted by atomic mass is 16.4. The maximum absolute atomic E-state index is 11.8. The molecular formula is C13H20N4O2. The fraction of sp³-hybridized carbons (Fsp3) is 0.385. The molecule has 0 aromatic heterocycles. The van der Waals surface area contributed by atoms with Gasteiger partial charge in [0.1, 0.15) is 0 Å². The number of amides is 1. The standard InChI is InChI=1S/C13H20N4O2/c1-17(2)9-3-8-15-13(18)11-6-4-10(5-7-11)12(14)16-19/h4-7,19H,3,8-9H2,1-2H3,(H2,14,16)(H,15,18). The number of benzene rings is 1. The third kappa shape index (κ3) is 4.97. The molecule has 0 atom stereocenters. The quantitative estimate of drug-likeness (QED) is 0.229. The van der Waals surface area contributed by atoms with Crippen molar-refractivity contribution in [2.75, 3.05) is 27.2 Å². The van der Waals surface area contributed by atoms with Gasteiger partial charge in [0.15, 0.2) is 5.84 Å². The molecule has 0 saturated carbocycles. The van der Waals surface area contributed by atoms with Crippen LogP contribution in [-0.2, 0) is 0 Å². The van der Waals surface area contributed by atoms with Gasteiger partial charge >= 0.3 is 0 Å². The Morgan fingerprint density at radius 1 is 1.32 bits per heavy atom. The van der Waals surface area contributed by atoms with Crippen LogP contribution in [0, 0.1) is 0 Å². The molecule has 104 valence electrons. The number of carbonyl (C=O) groups is 1. The summed E-state index contributed by atoms with van der Waals surface area (Å²) in [5, 5.41) is 14.3. The van der Waals surface area contributed by atoms with Crippen molar-refractivity contribution in [3.05, 3.63) is 35.4 Å². The van der Waals surface area contributed by atoms with E-state index in [2.05, 4.69) is 15.4 Å². The molecule has 4 N–H and O–H groups in total. The van der Waals surface area contributed by atoms with Crippen molar-refractivity contribution in [1.29, 1.82) is 0 Å². The highest BCUT2D eigenvalue weighted by molar-refractivity contribution is 5.99. The summed E-state index contributed by atoms with van der Waals surface area (Å²) in [5.74, 6) is -0.0947. The lowest BCUT2D eigenvalue weighted by Crippen LogP contribution is -2.27. The van der Waals surface area contributed by atoms with E-state index in [1.165, 1.54) is 0 Å². The molecule has 0 unspecified atom stereocenters. The summed E-state index contributed by atoms with van der Waals surface area (Å²) in [5.41, 5.74) is 6.57. The molecule has 19 heavy (non-hydrogen) atoms. The lowest BCUT2D eigenvalue weighted by atomic mass is 10.1. The first-order valence-corrected chi connectivity index (χ1v) is 6.05. The smallest absolute Gasteiger partial charge is 0.251 e. The van der Waals surface area contributed by atoms with Crippen molar-refractivity contribution in [2.24, 2.45) is 10.9 Å². The minimum absolute atomic E-state index is 0.0259. The second kappa shape index (κ2) is 7.38. The van der Waals surface area contributed by atoms with E-state index in [4.69, 9.17) is 10.9 Å². The van der Waals surface area contributed by atoms with Crippen LogP contribution in [0.25, 0.3) is 0 Å². The van der Waals surface area contributed by atoms with Crippen molar-refractivity contribution < 1.29 is 10.0 Å². The Hall–Kier alpha value is -2.08. The number of hydrogen-bond donors (Lipinski definition) is 3. The Morgan fingerprint density at radius 2 is 1.89 bits per heavy atom. The van der Waals surface area contributed by atoms with Crippen LogP contribution in [-0.4, -0.2) is 49.0 Å². The number of hydrogen-bond acceptors (Lipinski definition) is 4. The Bertz CT molecular complexity index is 440. The number of nitrogens with two attached hydrogens (primary N) is 1. The molecule has 0 spiro atoms. The summed E-state index contributed by atoms with van der Waals surface area (Å²) >= 11 is 0. The Morgan fingerprint density at radius 3 is 2.42 bits per heavy atom.